The Morgan fingerprint density at radius 2 is 2.00 bits per heavy atom. The predicted octanol–water partition coefficient (Wildman–Crippen LogP) is 1.82. The van der Waals surface area contributed by atoms with Crippen molar-refractivity contribution in [1.29, 1.82) is 0 Å². The van der Waals surface area contributed by atoms with Crippen LogP contribution in [0.5, 0.6) is 0 Å². The lowest BCUT2D eigenvalue weighted by Gasteiger charge is -2.36. The van der Waals surface area contributed by atoms with Gasteiger partial charge in [0, 0.05) is 12.6 Å². The molecular formula is C15H28N2O4. The van der Waals surface area contributed by atoms with Gasteiger partial charge >= 0.3 is 12.0 Å². The van der Waals surface area contributed by atoms with Crippen LogP contribution in [0.25, 0.3) is 0 Å². The molecule has 1 aliphatic heterocycles. The highest BCUT2D eigenvalue weighted by molar-refractivity contribution is 5.76. The number of aliphatic hydroxyl groups is 1. The first-order valence-electron chi connectivity index (χ1n) is 7.62. The normalized spacial score (nSPS) is 21.0. The number of carbonyl (C=O) groups is 2. The molecular weight excluding hydrogens is 272 g/mol. The third-order valence-electron chi connectivity index (χ3n) is 3.71. The second-order valence-corrected chi connectivity index (χ2v) is 7.03. The first-order valence-corrected chi connectivity index (χ1v) is 7.62. The number of amides is 2. The van der Waals surface area contributed by atoms with Crippen LogP contribution in [-0.4, -0.2) is 52.3 Å². The molecule has 1 aliphatic rings. The third-order valence-corrected chi connectivity index (χ3v) is 3.71. The molecule has 2 unspecified atom stereocenters. The second kappa shape index (κ2) is 7.64. The Balaban J connectivity index is 2.67. The van der Waals surface area contributed by atoms with Crippen molar-refractivity contribution in [2.75, 3.05) is 13.2 Å². The Bertz CT molecular complexity index is 365. The molecule has 0 radical (unpaired) electrons. The SMILES string of the molecule is CC(C)(C)CC(CC(=O)O)NC(=O)N1CCCCC1CO. The summed E-state index contributed by atoms with van der Waals surface area (Å²) in [5, 5.41) is 21.2. The minimum atomic E-state index is -0.915. The summed E-state index contributed by atoms with van der Waals surface area (Å²) in [4.78, 5) is 25.0. The van der Waals surface area contributed by atoms with Gasteiger partial charge < -0.3 is 20.4 Å². The van der Waals surface area contributed by atoms with E-state index in [9.17, 15) is 14.7 Å². The molecule has 2 atom stereocenters. The van der Waals surface area contributed by atoms with Gasteiger partial charge in [0.2, 0.25) is 0 Å². The molecule has 0 aromatic carbocycles. The van der Waals surface area contributed by atoms with E-state index in [1.807, 2.05) is 20.8 Å². The van der Waals surface area contributed by atoms with E-state index in [4.69, 9.17) is 5.11 Å². The van der Waals surface area contributed by atoms with Gasteiger partial charge in [0.25, 0.3) is 0 Å². The maximum absolute atomic E-state index is 12.4. The zero-order valence-corrected chi connectivity index (χ0v) is 13.3. The van der Waals surface area contributed by atoms with E-state index in [1.54, 1.807) is 4.90 Å². The Kier molecular flexibility index (Phi) is 6.45. The van der Waals surface area contributed by atoms with Gasteiger partial charge in [-0.2, -0.15) is 0 Å². The Hall–Kier alpha value is -1.30. The molecule has 3 N–H and O–H groups in total. The van der Waals surface area contributed by atoms with Gasteiger partial charge in [0.15, 0.2) is 0 Å². The van der Waals surface area contributed by atoms with E-state index < -0.39 is 12.0 Å². The molecule has 2 amide bonds. The lowest BCUT2D eigenvalue weighted by atomic mass is 9.87. The number of nitrogens with zero attached hydrogens (tertiary/aromatic N) is 1. The van der Waals surface area contributed by atoms with Crippen LogP contribution >= 0.6 is 0 Å². The van der Waals surface area contributed by atoms with Crippen molar-refractivity contribution in [3.63, 3.8) is 0 Å². The molecule has 6 nitrogen and oxygen atoms in total. The van der Waals surface area contributed by atoms with E-state index in [-0.39, 0.29) is 30.5 Å². The minimum Gasteiger partial charge on any atom is -0.481 e. The molecule has 0 saturated carbocycles. The summed E-state index contributed by atoms with van der Waals surface area (Å²) in [5.74, 6) is -0.915. The van der Waals surface area contributed by atoms with Crippen LogP contribution in [0.2, 0.25) is 0 Å². The lowest BCUT2D eigenvalue weighted by Crippen LogP contribution is -2.53. The van der Waals surface area contributed by atoms with Crippen LogP contribution in [0.3, 0.4) is 0 Å². The average molecular weight is 300 g/mol. The van der Waals surface area contributed by atoms with Gasteiger partial charge in [-0.1, -0.05) is 20.8 Å². The minimum absolute atomic E-state index is 0.0453. The molecule has 0 spiro atoms. The predicted molar refractivity (Wildman–Crippen MR) is 80.1 cm³/mol. The van der Waals surface area contributed by atoms with Crippen molar-refractivity contribution >= 4 is 12.0 Å². The van der Waals surface area contributed by atoms with Crippen LogP contribution in [0, 0.1) is 5.41 Å². The number of carbonyl (C=O) groups excluding carboxylic acids is 1. The van der Waals surface area contributed by atoms with E-state index >= 15 is 0 Å². The van der Waals surface area contributed by atoms with Crippen molar-refractivity contribution in [3.8, 4) is 0 Å². The van der Waals surface area contributed by atoms with Crippen LogP contribution in [0.15, 0.2) is 0 Å². The van der Waals surface area contributed by atoms with Crippen molar-refractivity contribution < 1.29 is 19.8 Å². The number of hydrogen-bond donors (Lipinski definition) is 3. The monoisotopic (exact) mass is 300 g/mol. The van der Waals surface area contributed by atoms with Crippen LogP contribution in [0.4, 0.5) is 4.79 Å². The van der Waals surface area contributed by atoms with Gasteiger partial charge in [0.1, 0.15) is 0 Å². The molecule has 0 aromatic heterocycles. The van der Waals surface area contributed by atoms with Crippen molar-refractivity contribution in [2.24, 2.45) is 5.41 Å². The summed E-state index contributed by atoms with van der Waals surface area (Å²) >= 11 is 0. The fourth-order valence-corrected chi connectivity index (χ4v) is 2.84. The average Bonchev–Trinajstić information content (AvgIpc) is 2.35. The summed E-state index contributed by atoms with van der Waals surface area (Å²) in [5.41, 5.74) is -0.0638. The smallest absolute Gasteiger partial charge is 0.317 e. The molecule has 122 valence electrons. The van der Waals surface area contributed by atoms with Crippen LogP contribution in [0.1, 0.15) is 52.9 Å². The number of carboxylic acids is 1. The molecule has 0 aromatic rings. The largest absolute Gasteiger partial charge is 0.481 e. The third kappa shape index (κ3) is 6.33. The zero-order chi connectivity index (χ0) is 16.0. The maximum Gasteiger partial charge on any atom is 0.317 e. The molecule has 0 aliphatic carbocycles. The van der Waals surface area contributed by atoms with Crippen LogP contribution in [-0.2, 0) is 4.79 Å². The lowest BCUT2D eigenvalue weighted by molar-refractivity contribution is -0.137. The number of hydrogen-bond acceptors (Lipinski definition) is 3. The standard InChI is InChI=1S/C15H28N2O4/c1-15(2,3)9-11(8-13(19)20)16-14(21)17-7-5-4-6-12(17)10-18/h11-12,18H,4-10H2,1-3H3,(H,16,21)(H,19,20). The van der Waals surface area contributed by atoms with E-state index in [1.165, 1.54) is 0 Å². The summed E-state index contributed by atoms with van der Waals surface area (Å²) in [6.07, 6.45) is 3.25. The summed E-state index contributed by atoms with van der Waals surface area (Å²) in [7, 11) is 0. The molecule has 21 heavy (non-hydrogen) atoms. The first-order chi connectivity index (χ1) is 9.73. The Labute approximate surface area is 126 Å². The molecule has 0 bridgehead atoms. The van der Waals surface area contributed by atoms with Crippen molar-refractivity contribution in [2.45, 2.75) is 65.0 Å². The van der Waals surface area contributed by atoms with Crippen LogP contribution < -0.4 is 5.32 Å². The fraction of sp³-hybridized carbons (Fsp3) is 0.867. The number of piperidine rings is 1. The maximum atomic E-state index is 12.4. The molecule has 1 rings (SSSR count). The van der Waals surface area contributed by atoms with E-state index in [2.05, 4.69) is 5.32 Å². The van der Waals surface area contributed by atoms with E-state index in [0.29, 0.717) is 13.0 Å². The van der Waals surface area contributed by atoms with Gasteiger partial charge in [-0.25, -0.2) is 4.79 Å². The highest BCUT2D eigenvalue weighted by Crippen LogP contribution is 2.23. The number of aliphatic hydroxyl groups excluding tert-OH is 1. The number of rotatable bonds is 5. The van der Waals surface area contributed by atoms with Gasteiger partial charge in [-0.05, 0) is 31.1 Å². The van der Waals surface area contributed by atoms with Gasteiger partial charge in [-0.15, -0.1) is 0 Å². The first kappa shape index (κ1) is 17.8. The van der Waals surface area contributed by atoms with Crippen molar-refractivity contribution in [1.82, 2.24) is 10.2 Å². The number of carboxylic acid groups (broad SMARTS) is 1. The highest BCUT2D eigenvalue weighted by atomic mass is 16.4. The Morgan fingerprint density at radius 3 is 2.52 bits per heavy atom. The van der Waals surface area contributed by atoms with Gasteiger partial charge in [-0.3, -0.25) is 4.79 Å². The fourth-order valence-electron chi connectivity index (χ4n) is 2.84. The second-order valence-electron chi connectivity index (χ2n) is 7.03. The zero-order valence-electron chi connectivity index (χ0n) is 13.3. The number of aliphatic carboxylic acids is 1. The quantitative estimate of drug-likeness (QED) is 0.722. The highest BCUT2D eigenvalue weighted by Gasteiger charge is 2.29. The Morgan fingerprint density at radius 1 is 1.33 bits per heavy atom. The summed E-state index contributed by atoms with van der Waals surface area (Å²) in [6.45, 7) is 6.63. The molecule has 1 heterocycles. The topological polar surface area (TPSA) is 89.9 Å². The molecule has 6 heteroatoms. The number of likely N-dealkylation sites (tertiary alicyclic amines) is 1. The van der Waals surface area contributed by atoms with E-state index in [0.717, 1.165) is 19.3 Å². The summed E-state index contributed by atoms with van der Waals surface area (Å²) in [6, 6.07) is -0.806. The molecule has 1 fully saturated rings. The van der Waals surface area contributed by atoms with Crippen molar-refractivity contribution in [3.05, 3.63) is 0 Å². The summed E-state index contributed by atoms with van der Waals surface area (Å²) < 4.78 is 0. The molecule has 1 saturated heterocycles. The number of urea groups is 1. The number of nitrogens with one attached hydrogen (secondary N) is 1. The van der Waals surface area contributed by atoms with Gasteiger partial charge in [0.05, 0.1) is 19.1 Å².